The molecule has 228 valence electrons. The first-order valence-electron chi connectivity index (χ1n) is 14.9. The second-order valence-corrected chi connectivity index (χ2v) is 14.2. The lowest BCUT2D eigenvalue weighted by Crippen LogP contribution is -2.74. The molecular weight excluding hydrogens is 562 g/mol. The van der Waals surface area contributed by atoms with E-state index in [-0.39, 0.29) is 35.0 Å². The number of amides is 2. The van der Waals surface area contributed by atoms with Gasteiger partial charge >= 0.3 is 6.09 Å². The maximum Gasteiger partial charge on any atom is 0.410 e. The van der Waals surface area contributed by atoms with Gasteiger partial charge in [-0.15, -0.1) is 0 Å². The molecule has 0 spiro atoms. The number of ether oxygens (including phenoxy) is 2. The van der Waals surface area contributed by atoms with Crippen molar-refractivity contribution < 1.29 is 19.1 Å². The first-order chi connectivity index (χ1) is 20.1. The van der Waals surface area contributed by atoms with Gasteiger partial charge in [-0.2, -0.15) is 5.26 Å². The number of benzene rings is 2. The summed E-state index contributed by atoms with van der Waals surface area (Å²) in [6.07, 6.45) is 2.18. The van der Waals surface area contributed by atoms with Gasteiger partial charge in [0.15, 0.2) is 0 Å². The number of likely N-dealkylation sites (tertiary alicyclic amines) is 1. The zero-order chi connectivity index (χ0) is 31.6. The van der Waals surface area contributed by atoms with Crippen LogP contribution in [0.3, 0.4) is 0 Å². The number of rotatable bonds is 5. The molecule has 1 heterocycles. The van der Waals surface area contributed by atoms with E-state index in [1.807, 2.05) is 45.0 Å². The standard InChI is InChI=1S/C35H42ClN3O4/c1-33(2,3)43-32(41)39-19-17-24(18-20-39)10-8-9-23-11-13-25(14-12-23)29(40)38-30-34(4,5)31(35(30,6)7)42-27-16-15-26(22-37)28(36)21-27/h11-16,21,24,30-31H,10,17-20H2,1-7H3,(H,38,40)/t30-,31-. The minimum Gasteiger partial charge on any atom is -0.489 e. The molecule has 2 fully saturated rings. The third-order valence-corrected chi connectivity index (χ3v) is 8.78. The molecule has 1 saturated heterocycles. The molecule has 4 rings (SSSR count). The second-order valence-electron chi connectivity index (χ2n) is 13.8. The lowest BCUT2D eigenvalue weighted by Gasteiger charge is -2.63. The highest BCUT2D eigenvalue weighted by molar-refractivity contribution is 6.31. The predicted molar refractivity (Wildman–Crippen MR) is 168 cm³/mol. The van der Waals surface area contributed by atoms with Crippen molar-refractivity contribution in [3.8, 4) is 23.7 Å². The van der Waals surface area contributed by atoms with E-state index in [0.717, 1.165) is 24.8 Å². The molecule has 1 aliphatic carbocycles. The fraction of sp³-hybridized carbons (Fsp3) is 0.514. The molecule has 0 unspecified atom stereocenters. The van der Waals surface area contributed by atoms with E-state index in [1.54, 1.807) is 23.1 Å². The molecule has 7 nitrogen and oxygen atoms in total. The van der Waals surface area contributed by atoms with Crippen molar-refractivity contribution in [2.24, 2.45) is 16.7 Å². The van der Waals surface area contributed by atoms with Crippen LogP contribution in [0.25, 0.3) is 0 Å². The monoisotopic (exact) mass is 603 g/mol. The van der Waals surface area contributed by atoms with Crippen molar-refractivity contribution in [1.82, 2.24) is 10.2 Å². The van der Waals surface area contributed by atoms with Crippen molar-refractivity contribution in [2.75, 3.05) is 13.1 Å². The second kappa shape index (κ2) is 12.5. The summed E-state index contributed by atoms with van der Waals surface area (Å²) < 4.78 is 11.8. The third kappa shape index (κ3) is 7.46. The number of nitrogens with one attached hydrogen (secondary N) is 1. The van der Waals surface area contributed by atoms with E-state index in [2.05, 4.69) is 50.9 Å². The Balaban J connectivity index is 1.29. The Kier molecular flexibility index (Phi) is 9.38. The van der Waals surface area contributed by atoms with Gasteiger partial charge in [-0.1, -0.05) is 51.1 Å². The van der Waals surface area contributed by atoms with Crippen molar-refractivity contribution >= 4 is 23.6 Å². The van der Waals surface area contributed by atoms with Crippen LogP contribution in [0.4, 0.5) is 4.79 Å². The molecular formula is C35H42ClN3O4. The summed E-state index contributed by atoms with van der Waals surface area (Å²) in [6.45, 7) is 15.4. The van der Waals surface area contributed by atoms with Gasteiger partial charge in [0.1, 0.15) is 23.5 Å². The third-order valence-electron chi connectivity index (χ3n) is 8.47. The van der Waals surface area contributed by atoms with Crippen molar-refractivity contribution in [1.29, 1.82) is 5.26 Å². The molecule has 1 aliphatic heterocycles. The van der Waals surface area contributed by atoms with Crippen LogP contribution in [0.1, 0.15) is 89.2 Å². The Hall–Kier alpha value is -3.68. The number of halogens is 1. The Morgan fingerprint density at radius 3 is 2.23 bits per heavy atom. The molecule has 0 radical (unpaired) electrons. The molecule has 0 bridgehead atoms. The fourth-order valence-corrected chi connectivity index (χ4v) is 6.67. The maximum atomic E-state index is 13.2. The lowest BCUT2D eigenvalue weighted by atomic mass is 9.49. The molecule has 1 saturated carbocycles. The molecule has 8 heteroatoms. The molecule has 0 atom stereocenters. The van der Waals surface area contributed by atoms with Gasteiger partial charge in [0, 0.05) is 53.6 Å². The molecule has 43 heavy (non-hydrogen) atoms. The van der Waals surface area contributed by atoms with E-state index in [0.29, 0.717) is 40.9 Å². The normalized spacial score (nSPS) is 21.0. The number of nitriles is 1. The van der Waals surface area contributed by atoms with Crippen LogP contribution >= 0.6 is 11.6 Å². The summed E-state index contributed by atoms with van der Waals surface area (Å²) in [7, 11) is 0. The quantitative estimate of drug-likeness (QED) is 0.365. The zero-order valence-electron chi connectivity index (χ0n) is 26.2. The predicted octanol–water partition coefficient (Wildman–Crippen LogP) is 7.21. The smallest absolute Gasteiger partial charge is 0.410 e. The highest BCUT2D eigenvalue weighted by Gasteiger charge is 2.64. The number of nitrogens with zero attached hydrogens (tertiary/aromatic N) is 2. The SMILES string of the molecule is CC(C)(C)OC(=O)N1CCC(CC#Cc2ccc(C(=O)N[C@H]3C(C)(C)[C@H](Oc4ccc(C#N)c(Cl)c4)C3(C)C)cc2)CC1. The Morgan fingerprint density at radius 1 is 1.05 bits per heavy atom. The van der Waals surface area contributed by atoms with Crippen LogP contribution in [-0.4, -0.2) is 47.7 Å². The van der Waals surface area contributed by atoms with E-state index in [4.69, 9.17) is 26.3 Å². The van der Waals surface area contributed by atoms with Crippen LogP contribution < -0.4 is 10.1 Å². The van der Waals surface area contributed by atoms with Crippen LogP contribution in [0.5, 0.6) is 5.75 Å². The summed E-state index contributed by atoms with van der Waals surface area (Å²) >= 11 is 6.20. The summed E-state index contributed by atoms with van der Waals surface area (Å²) in [6, 6.07) is 14.4. The van der Waals surface area contributed by atoms with Crippen LogP contribution in [0.15, 0.2) is 42.5 Å². The van der Waals surface area contributed by atoms with E-state index >= 15 is 0 Å². The molecule has 2 aromatic rings. The highest BCUT2D eigenvalue weighted by atomic mass is 35.5. The minimum absolute atomic E-state index is 0.118. The van der Waals surface area contributed by atoms with Crippen LogP contribution in [0.2, 0.25) is 5.02 Å². The van der Waals surface area contributed by atoms with Crippen LogP contribution in [0, 0.1) is 39.9 Å². The van der Waals surface area contributed by atoms with Crippen molar-refractivity contribution in [3.05, 3.63) is 64.2 Å². The number of hydrogen-bond acceptors (Lipinski definition) is 5. The molecule has 2 aromatic carbocycles. The zero-order valence-corrected chi connectivity index (χ0v) is 27.0. The molecule has 1 N–H and O–H groups in total. The van der Waals surface area contributed by atoms with Gasteiger partial charge in [-0.3, -0.25) is 4.79 Å². The topological polar surface area (TPSA) is 91.7 Å². The van der Waals surface area contributed by atoms with Crippen molar-refractivity contribution in [2.45, 2.75) is 85.5 Å². The fourth-order valence-electron chi connectivity index (χ4n) is 6.46. The number of piperidine rings is 1. The lowest BCUT2D eigenvalue weighted by molar-refractivity contribution is -0.164. The van der Waals surface area contributed by atoms with Crippen molar-refractivity contribution in [3.63, 3.8) is 0 Å². The number of carbonyl (C=O) groups excluding carboxylic acids is 2. The Morgan fingerprint density at radius 2 is 1.67 bits per heavy atom. The maximum absolute atomic E-state index is 13.2. The molecule has 0 aromatic heterocycles. The van der Waals surface area contributed by atoms with E-state index < -0.39 is 5.60 Å². The largest absolute Gasteiger partial charge is 0.489 e. The van der Waals surface area contributed by atoms with E-state index in [1.165, 1.54) is 0 Å². The van der Waals surface area contributed by atoms with Gasteiger partial charge in [-0.05, 0) is 75.9 Å². The van der Waals surface area contributed by atoms with E-state index in [9.17, 15) is 9.59 Å². The van der Waals surface area contributed by atoms with Crippen LogP contribution in [-0.2, 0) is 4.74 Å². The molecule has 2 amide bonds. The molecule has 2 aliphatic rings. The average molecular weight is 604 g/mol. The van der Waals surface area contributed by atoms with Gasteiger partial charge < -0.3 is 19.7 Å². The summed E-state index contributed by atoms with van der Waals surface area (Å²) in [4.78, 5) is 27.3. The van der Waals surface area contributed by atoms with Gasteiger partial charge in [0.05, 0.1) is 10.6 Å². The van der Waals surface area contributed by atoms with Gasteiger partial charge in [0.2, 0.25) is 0 Å². The summed E-state index contributed by atoms with van der Waals surface area (Å²) in [5.74, 6) is 7.42. The minimum atomic E-state index is -0.484. The van der Waals surface area contributed by atoms with Gasteiger partial charge in [-0.25, -0.2) is 4.79 Å². The van der Waals surface area contributed by atoms with Gasteiger partial charge in [0.25, 0.3) is 5.91 Å². The average Bonchev–Trinajstić information content (AvgIpc) is 2.94. The Bertz CT molecular complexity index is 1430. The first kappa shape index (κ1) is 32.2. The highest BCUT2D eigenvalue weighted by Crippen LogP contribution is 2.55. The Labute approximate surface area is 260 Å². The number of hydrogen-bond donors (Lipinski definition) is 1. The summed E-state index contributed by atoms with van der Waals surface area (Å²) in [5, 5.41) is 12.7. The number of carbonyl (C=O) groups is 2. The first-order valence-corrected chi connectivity index (χ1v) is 15.2. The summed E-state index contributed by atoms with van der Waals surface area (Å²) in [5.41, 5.74) is 0.682.